The van der Waals surface area contributed by atoms with Crippen LogP contribution in [0.1, 0.15) is 12.0 Å². The lowest BCUT2D eigenvalue weighted by atomic mass is 10.0. The molecule has 29 heavy (non-hydrogen) atoms. The van der Waals surface area contributed by atoms with E-state index in [0.29, 0.717) is 11.1 Å². The van der Waals surface area contributed by atoms with E-state index in [1.807, 2.05) is 42.5 Å². The fourth-order valence-electron chi connectivity index (χ4n) is 3.30. The first kappa shape index (κ1) is 18.5. The summed E-state index contributed by atoms with van der Waals surface area (Å²) in [6.45, 7) is 0.154. The number of amides is 2. The van der Waals surface area contributed by atoms with E-state index in [0.717, 1.165) is 16.3 Å². The van der Waals surface area contributed by atoms with Crippen LogP contribution in [0.2, 0.25) is 0 Å². The Hall–Kier alpha value is -3.87. The monoisotopic (exact) mass is 389 g/mol. The third-order valence-electron chi connectivity index (χ3n) is 4.71. The van der Waals surface area contributed by atoms with Gasteiger partial charge in [0.15, 0.2) is 5.58 Å². The quantitative estimate of drug-likeness (QED) is 0.513. The Balaban J connectivity index is 1.33. The molecule has 1 aromatic heterocycles. The number of para-hydroxylation sites is 2. The number of oxazole rings is 1. The molecule has 7 heteroatoms. The topological polar surface area (TPSA) is 93.3 Å². The van der Waals surface area contributed by atoms with Crippen LogP contribution in [0.15, 0.2) is 75.9 Å². The largest absolute Gasteiger partial charge is 0.419 e. The van der Waals surface area contributed by atoms with Crippen LogP contribution >= 0.6 is 0 Å². The van der Waals surface area contributed by atoms with Crippen LogP contribution in [0.3, 0.4) is 0 Å². The van der Waals surface area contributed by atoms with E-state index >= 15 is 0 Å². The number of carbonyl (C=O) groups excluding carboxylic acids is 2. The summed E-state index contributed by atoms with van der Waals surface area (Å²) in [4.78, 5) is 36.2. The SMILES string of the molecule is O=C(CCn1c(=O)oc2ccccc21)NNC(=O)Cc1cccc2ccccc12. The Morgan fingerprint density at radius 1 is 0.862 bits per heavy atom. The molecule has 0 bridgehead atoms. The highest BCUT2D eigenvalue weighted by atomic mass is 16.4. The molecular weight excluding hydrogens is 370 g/mol. The number of rotatable bonds is 5. The smallest absolute Gasteiger partial charge is 0.408 e. The Kier molecular flexibility index (Phi) is 5.11. The van der Waals surface area contributed by atoms with E-state index in [9.17, 15) is 14.4 Å². The fraction of sp³-hybridized carbons (Fsp3) is 0.136. The zero-order valence-electron chi connectivity index (χ0n) is 15.6. The van der Waals surface area contributed by atoms with Crippen molar-refractivity contribution in [3.63, 3.8) is 0 Å². The molecule has 2 amide bonds. The zero-order chi connectivity index (χ0) is 20.2. The molecule has 4 rings (SSSR count). The lowest BCUT2D eigenvalue weighted by Crippen LogP contribution is -2.42. The molecule has 0 radical (unpaired) electrons. The third kappa shape index (κ3) is 4.03. The summed E-state index contributed by atoms with van der Waals surface area (Å²) in [6, 6.07) is 20.6. The van der Waals surface area contributed by atoms with Crippen molar-refractivity contribution in [3.05, 3.63) is 82.8 Å². The Morgan fingerprint density at radius 2 is 1.59 bits per heavy atom. The average Bonchev–Trinajstić information content (AvgIpc) is 3.06. The van der Waals surface area contributed by atoms with Gasteiger partial charge in [-0.2, -0.15) is 0 Å². The molecule has 0 spiro atoms. The average molecular weight is 389 g/mol. The molecule has 0 aliphatic rings. The van der Waals surface area contributed by atoms with Gasteiger partial charge in [-0.3, -0.25) is 25.0 Å². The molecular formula is C22H19N3O4. The van der Waals surface area contributed by atoms with Gasteiger partial charge >= 0.3 is 5.76 Å². The van der Waals surface area contributed by atoms with Gasteiger partial charge in [-0.25, -0.2) is 4.79 Å². The van der Waals surface area contributed by atoms with Crippen LogP contribution in [-0.2, 0) is 22.6 Å². The number of aryl methyl sites for hydroxylation is 1. The second kappa shape index (κ2) is 8.02. The van der Waals surface area contributed by atoms with Crippen molar-refractivity contribution in [2.24, 2.45) is 0 Å². The van der Waals surface area contributed by atoms with Crippen LogP contribution in [0.5, 0.6) is 0 Å². The molecule has 0 atom stereocenters. The first-order valence-electron chi connectivity index (χ1n) is 9.24. The number of hydrogen-bond acceptors (Lipinski definition) is 4. The summed E-state index contributed by atoms with van der Waals surface area (Å²) in [5, 5.41) is 2.06. The van der Waals surface area contributed by atoms with Crippen molar-refractivity contribution >= 4 is 33.7 Å². The maximum atomic E-state index is 12.2. The van der Waals surface area contributed by atoms with Crippen molar-refractivity contribution < 1.29 is 14.0 Å². The number of nitrogens with zero attached hydrogens (tertiary/aromatic N) is 1. The second-order valence-corrected chi connectivity index (χ2v) is 6.65. The molecule has 4 aromatic rings. The molecule has 0 aliphatic heterocycles. The number of hydrazine groups is 1. The van der Waals surface area contributed by atoms with E-state index in [1.165, 1.54) is 4.57 Å². The first-order chi connectivity index (χ1) is 14.1. The summed E-state index contributed by atoms with van der Waals surface area (Å²) in [6.07, 6.45) is 0.172. The standard InChI is InChI=1S/C22H19N3O4/c26-20(12-13-25-18-10-3-4-11-19(18)29-22(25)28)23-24-21(27)14-16-8-5-7-15-6-1-2-9-17(15)16/h1-11H,12-14H2,(H,23,26)(H,24,27). The van der Waals surface area contributed by atoms with E-state index in [4.69, 9.17) is 4.42 Å². The molecule has 146 valence electrons. The van der Waals surface area contributed by atoms with Gasteiger partial charge < -0.3 is 4.42 Å². The van der Waals surface area contributed by atoms with Crippen LogP contribution in [-0.4, -0.2) is 16.4 Å². The molecule has 0 fully saturated rings. The number of benzene rings is 3. The van der Waals surface area contributed by atoms with Crippen molar-refractivity contribution in [1.82, 2.24) is 15.4 Å². The summed E-state index contributed by atoms with van der Waals surface area (Å²) in [5.74, 6) is -1.23. The van der Waals surface area contributed by atoms with Crippen molar-refractivity contribution in [2.45, 2.75) is 19.4 Å². The maximum absolute atomic E-state index is 12.2. The molecule has 3 aromatic carbocycles. The number of carbonyl (C=O) groups is 2. The highest BCUT2D eigenvalue weighted by molar-refractivity contribution is 5.90. The molecule has 1 heterocycles. The van der Waals surface area contributed by atoms with Gasteiger partial charge in [0.2, 0.25) is 11.8 Å². The summed E-state index contributed by atoms with van der Waals surface area (Å²) >= 11 is 0. The van der Waals surface area contributed by atoms with Gasteiger partial charge in [-0.1, -0.05) is 54.6 Å². The van der Waals surface area contributed by atoms with Gasteiger partial charge in [0.1, 0.15) is 0 Å². The van der Waals surface area contributed by atoms with Crippen molar-refractivity contribution in [3.8, 4) is 0 Å². The minimum absolute atomic E-state index is 0.0258. The molecule has 7 nitrogen and oxygen atoms in total. The van der Waals surface area contributed by atoms with Gasteiger partial charge in [-0.05, 0) is 28.5 Å². The van der Waals surface area contributed by atoms with Crippen molar-refractivity contribution in [2.75, 3.05) is 0 Å². The number of hydrogen-bond donors (Lipinski definition) is 2. The van der Waals surface area contributed by atoms with Crippen molar-refractivity contribution in [1.29, 1.82) is 0 Å². The predicted molar refractivity (Wildman–Crippen MR) is 109 cm³/mol. The Bertz CT molecular complexity index is 1250. The lowest BCUT2D eigenvalue weighted by Gasteiger charge is -2.09. The van der Waals surface area contributed by atoms with Gasteiger partial charge in [-0.15, -0.1) is 0 Å². The first-order valence-corrected chi connectivity index (χ1v) is 9.24. The van der Waals surface area contributed by atoms with E-state index in [2.05, 4.69) is 10.9 Å². The Morgan fingerprint density at radius 3 is 2.48 bits per heavy atom. The van der Waals surface area contributed by atoms with Gasteiger partial charge in [0, 0.05) is 13.0 Å². The molecule has 0 aliphatic carbocycles. The molecule has 0 unspecified atom stereocenters. The van der Waals surface area contributed by atoms with Gasteiger partial charge in [0.25, 0.3) is 0 Å². The predicted octanol–water partition coefficient (Wildman–Crippen LogP) is 2.53. The molecule has 0 saturated carbocycles. The Labute approximate surface area is 165 Å². The number of aromatic nitrogens is 1. The maximum Gasteiger partial charge on any atom is 0.419 e. The third-order valence-corrected chi connectivity index (χ3v) is 4.71. The van der Waals surface area contributed by atoms with Crippen LogP contribution in [0.25, 0.3) is 21.9 Å². The molecule has 0 saturated heterocycles. The molecule has 2 N–H and O–H groups in total. The highest BCUT2D eigenvalue weighted by Gasteiger charge is 2.12. The normalized spacial score (nSPS) is 10.9. The number of nitrogens with one attached hydrogen (secondary N) is 2. The summed E-state index contributed by atoms with van der Waals surface area (Å²) < 4.78 is 6.53. The van der Waals surface area contributed by atoms with E-state index in [-0.39, 0.29) is 25.3 Å². The highest BCUT2D eigenvalue weighted by Crippen LogP contribution is 2.18. The second-order valence-electron chi connectivity index (χ2n) is 6.65. The summed E-state index contributed by atoms with van der Waals surface area (Å²) in [7, 11) is 0. The zero-order valence-corrected chi connectivity index (χ0v) is 15.6. The summed E-state index contributed by atoms with van der Waals surface area (Å²) in [5.41, 5.74) is 6.81. The minimum Gasteiger partial charge on any atom is -0.408 e. The van der Waals surface area contributed by atoms with E-state index in [1.54, 1.807) is 24.3 Å². The van der Waals surface area contributed by atoms with Gasteiger partial charge in [0.05, 0.1) is 11.9 Å². The van der Waals surface area contributed by atoms with Crippen LogP contribution in [0, 0.1) is 0 Å². The van der Waals surface area contributed by atoms with Crippen LogP contribution < -0.4 is 16.6 Å². The number of fused-ring (bicyclic) bond motifs is 2. The minimum atomic E-state index is -0.515. The van der Waals surface area contributed by atoms with Crippen LogP contribution in [0.4, 0.5) is 0 Å². The fourth-order valence-corrected chi connectivity index (χ4v) is 3.30. The lowest BCUT2D eigenvalue weighted by molar-refractivity contribution is -0.128. The van der Waals surface area contributed by atoms with E-state index < -0.39 is 11.7 Å².